The van der Waals surface area contributed by atoms with E-state index in [0.29, 0.717) is 0 Å². The summed E-state index contributed by atoms with van der Waals surface area (Å²) in [5, 5.41) is 0. The van der Waals surface area contributed by atoms with E-state index in [1.165, 1.54) is 57.8 Å². The van der Waals surface area contributed by atoms with Gasteiger partial charge < -0.3 is 0 Å². The molecule has 3 saturated carbocycles. The van der Waals surface area contributed by atoms with Crippen LogP contribution in [0.15, 0.2) is 0 Å². The summed E-state index contributed by atoms with van der Waals surface area (Å²) in [6.07, 6.45) is 19.2. The highest BCUT2D eigenvalue weighted by molar-refractivity contribution is 4.95. The average Bonchev–Trinajstić information content (AvgIpc) is 3.45. The van der Waals surface area contributed by atoms with Gasteiger partial charge in [-0.05, 0) is 61.7 Å². The second-order valence-corrected chi connectivity index (χ2v) is 9.07. The highest BCUT2D eigenvalue weighted by Crippen LogP contribution is 2.57. The van der Waals surface area contributed by atoms with Crippen LogP contribution in [0, 0.1) is 23.2 Å². The molecule has 174 valence electrons. The molecule has 0 aromatic carbocycles. The molecular formula is C28H62. The van der Waals surface area contributed by atoms with Gasteiger partial charge in [-0.25, -0.2) is 0 Å². The topological polar surface area (TPSA) is 0 Å². The minimum absolute atomic E-state index is 0.884. The molecule has 0 saturated heterocycles. The van der Waals surface area contributed by atoms with Crippen LogP contribution in [0.2, 0.25) is 0 Å². The van der Waals surface area contributed by atoms with Crippen molar-refractivity contribution >= 4 is 0 Å². The van der Waals surface area contributed by atoms with Crippen LogP contribution in [0.4, 0.5) is 0 Å². The van der Waals surface area contributed by atoms with Crippen LogP contribution in [-0.4, -0.2) is 0 Å². The molecule has 0 aliphatic heterocycles. The molecule has 0 N–H and O–H groups in total. The second-order valence-electron chi connectivity index (χ2n) is 9.07. The molecule has 0 radical (unpaired) electrons. The summed E-state index contributed by atoms with van der Waals surface area (Å²) in [6.45, 7) is 23.5. The maximum absolute atomic E-state index is 2.34. The summed E-state index contributed by atoms with van der Waals surface area (Å²) >= 11 is 0. The normalized spacial score (nSPS) is 18.9. The van der Waals surface area contributed by atoms with Crippen LogP contribution in [-0.2, 0) is 0 Å². The lowest BCUT2D eigenvalue weighted by Crippen LogP contribution is -2.14. The first-order valence-corrected chi connectivity index (χ1v) is 13.5. The van der Waals surface area contributed by atoms with Gasteiger partial charge in [0.05, 0.1) is 0 Å². The zero-order chi connectivity index (χ0) is 22.4. The van der Waals surface area contributed by atoms with Crippen LogP contribution >= 0.6 is 0 Å². The first kappa shape index (κ1) is 32.7. The monoisotopic (exact) mass is 398 g/mol. The maximum Gasteiger partial charge on any atom is -0.0297 e. The molecular weight excluding hydrogens is 336 g/mol. The molecule has 0 nitrogen and oxygen atoms in total. The van der Waals surface area contributed by atoms with Gasteiger partial charge in [0.25, 0.3) is 0 Å². The van der Waals surface area contributed by atoms with E-state index >= 15 is 0 Å². The summed E-state index contributed by atoms with van der Waals surface area (Å²) in [7, 11) is 0. The third-order valence-electron chi connectivity index (χ3n) is 6.32. The molecule has 0 unspecified atom stereocenters. The Kier molecular flexibility index (Phi) is 27.2. The van der Waals surface area contributed by atoms with Crippen molar-refractivity contribution in [1.82, 2.24) is 0 Å². The summed E-state index contributed by atoms with van der Waals surface area (Å²) in [5.41, 5.74) is 0.908. The van der Waals surface area contributed by atoms with Gasteiger partial charge in [0, 0.05) is 0 Å². The van der Waals surface area contributed by atoms with Crippen molar-refractivity contribution < 1.29 is 0 Å². The lowest BCUT2D eigenvalue weighted by molar-refractivity contribution is 0.252. The van der Waals surface area contributed by atoms with Gasteiger partial charge in [-0.1, -0.05) is 121 Å². The lowest BCUT2D eigenvalue weighted by atomic mass is 9.79. The predicted octanol–water partition coefficient (Wildman–Crippen LogP) is 11.1. The number of hydrogen-bond donors (Lipinski definition) is 0. The molecule has 0 heterocycles. The van der Waals surface area contributed by atoms with Crippen molar-refractivity contribution in [2.24, 2.45) is 23.2 Å². The van der Waals surface area contributed by atoms with E-state index in [-0.39, 0.29) is 0 Å². The number of rotatable bonds is 3. The van der Waals surface area contributed by atoms with Crippen LogP contribution in [0.25, 0.3) is 0 Å². The van der Waals surface area contributed by atoms with Crippen molar-refractivity contribution in [2.45, 2.75) is 160 Å². The molecule has 1 spiro atoms. The average molecular weight is 399 g/mol. The highest BCUT2D eigenvalue weighted by Gasteiger charge is 2.44. The Labute approximate surface area is 183 Å². The first-order valence-electron chi connectivity index (χ1n) is 13.5. The van der Waals surface area contributed by atoms with Crippen molar-refractivity contribution in [2.75, 3.05) is 0 Å². The van der Waals surface area contributed by atoms with Gasteiger partial charge in [0.2, 0.25) is 0 Å². The fourth-order valence-electron chi connectivity index (χ4n) is 3.28. The molecule has 0 aromatic heterocycles. The molecule has 0 bridgehead atoms. The van der Waals surface area contributed by atoms with Crippen LogP contribution in [0.3, 0.4) is 0 Å². The van der Waals surface area contributed by atoms with Gasteiger partial charge in [-0.2, -0.15) is 0 Å². The van der Waals surface area contributed by atoms with Gasteiger partial charge in [-0.3, -0.25) is 0 Å². The van der Waals surface area contributed by atoms with Crippen molar-refractivity contribution in [3.05, 3.63) is 0 Å². The largest absolute Gasteiger partial charge is 0.0683 e. The fourth-order valence-corrected chi connectivity index (χ4v) is 3.28. The van der Waals surface area contributed by atoms with E-state index in [9.17, 15) is 0 Å². The Morgan fingerprint density at radius 3 is 1.11 bits per heavy atom. The molecule has 3 rings (SSSR count). The minimum atomic E-state index is 0.884. The Morgan fingerprint density at radius 1 is 0.643 bits per heavy atom. The quantitative estimate of drug-likeness (QED) is 0.443. The van der Waals surface area contributed by atoms with E-state index in [2.05, 4.69) is 48.5 Å². The Morgan fingerprint density at radius 2 is 0.964 bits per heavy atom. The Hall–Kier alpha value is 0. The van der Waals surface area contributed by atoms with E-state index in [1.54, 1.807) is 25.7 Å². The van der Waals surface area contributed by atoms with E-state index in [1.807, 2.05) is 27.7 Å². The zero-order valence-electron chi connectivity index (χ0n) is 22.4. The molecule has 3 aliphatic rings. The van der Waals surface area contributed by atoms with Crippen LogP contribution in [0.5, 0.6) is 0 Å². The third-order valence-corrected chi connectivity index (χ3v) is 6.32. The van der Waals surface area contributed by atoms with Crippen molar-refractivity contribution in [1.29, 1.82) is 0 Å². The fraction of sp³-hybridized carbons (Fsp3) is 1.00. The SMILES string of the molecule is CC.CC.CCC.CCC(C)C.CCC1CCC1.CCC1CCC2(CC1)CC2. The highest BCUT2D eigenvalue weighted by atomic mass is 14.5. The van der Waals surface area contributed by atoms with E-state index in [0.717, 1.165) is 23.2 Å². The molecule has 0 heteroatoms. The molecule has 0 atom stereocenters. The summed E-state index contributed by atoms with van der Waals surface area (Å²) in [4.78, 5) is 0. The predicted molar refractivity (Wildman–Crippen MR) is 135 cm³/mol. The van der Waals surface area contributed by atoms with Crippen LogP contribution in [0.1, 0.15) is 160 Å². The van der Waals surface area contributed by atoms with Gasteiger partial charge in [0.1, 0.15) is 0 Å². The summed E-state index contributed by atoms with van der Waals surface area (Å²) in [5.74, 6) is 3.09. The second kappa shape index (κ2) is 23.3. The smallest absolute Gasteiger partial charge is 0.0297 e. The molecule has 28 heavy (non-hydrogen) atoms. The Bertz CT molecular complexity index is 244. The van der Waals surface area contributed by atoms with Gasteiger partial charge in [-0.15, -0.1) is 0 Å². The number of hydrogen-bond acceptors (Lipinski definition) is 0. The minimum Gasteiger partial charge on any atom is -0.0683 e. The van der Waals surface area contributed by atoms with Gasteiger partial charge >= 0.3 is 0 Å². The first-order chi connectivity index (χ1) is 13.5. The molecule has 0 aromatic rings. The van der Waals surface area contributed by atoms with Crippen molar-refractivity contribution in [3.63, 3.8) is 0 Å². The third kappa shape index (κ3) is 19.3. The molecule has 3 aliphatic carbocycles. The zero-order valence-corrected chi connectivity index (χ0v) is 22.4. The molecule has 3 fully saturated rings. The maximum atomic E-state index is 2.34. The lowest BCUT2D eigenvalue weighted by Gasteiger charge is -2.27. The Balaban J connectivity index is -0.000000304. The van der Waals surface area contributed by atoms with Gasteiger partial charge in [0.15, 0.2) is 0 Å². The van der Waals surface area contributed by atoms with Crippen molar-refractivity contribution in [3.8, 4) is 0 Å². The van der Waals surface area contributed by atoms with E-state index in [4.69, 9.17) is 0 Å². The van der Waals surface area contributed by atoms with Crippen LogP contribution < -0.4 is 0 Å². The standard InChI is InChI=1S/C10H18.C6H12.C5H12.C3H8.2C2H6/c1-2-9-3-5-10(6-4-9)7-8-10;1-2-6-4-3-5-6;1-4-5(2)3;1-3-2;2*1-2/h9H,2-8H2,1H3;6H,2-5H2,1H3;5H,4H2,1-3H3;3H2,1-2H3;2*1-2H3. The summed E-state index contributed by atoms with van der Waals surface area (Å²) in [6, 6.07) is 0. The van der Waals surface area contributed by atoms with E-state index < -0.39 is 0 Å². The molecule has 0 amide bonds. The summed E-state index contributed by atoms with van der Waals surface area (Å²) < 4.78 is 0.